The summed E-state index contributed by atoms with van der Waals surface area (Å²) in [5.74, 6) is 0.809. The van der Waals surface area contributed by atoms with Gasteiger partial charge in [0.05, 0.1) is 5.92 Å². The number of anilines is 1. The molecule has 2 heterocycles. The molecule has 0 saturated carbocycles. The standard InChI is InChI=1S/C22H25N5O/c1-15(2)27-14-24-21(25-27)19-13-26(3)20-10-9-17(11-18(19)20)22(28)23-12-16-7-5-4-6-8-16/h4-11,14-15,19H,12-13H2,1-3H3,(H,23,28)/t19-/m1/s1. The molecule has 3 aromatic rings. The Labute approximate surface area is 165 Å². The zero-order chi connectivity index (χ0) is 19.7. The lowest BCUT2D eigenvalue weighted by atomic mass is 9.98. The molecule has 28 heavy (non-hydrogen) atoms. The number of hydrogen-bond donors (Lipinski definition) is 1. The highest BCUT2D eigenvalue weighted by molar-refractivity contribution is 5.95. The van der Waals surface area contributed by atoms with Gasteiger partial charge in [0, 0.05) is 37.4 Å². The van der Waals surface area contributed by atoms with Crippen molar-refractivity contribution in [1.29, 1.82) is 0 Å². The molecular formula is C22H25N5O. The van der Waals surface area contributed by atoms with Crippen molar-refractivity contribution in [2.75, 3.05) is 18.5 Å². The molecule has 1 atom stereocenters. The zero-order valence-electron chi connectivity index (χ0n) is 16.5. The maximum absolute atomic E-state index is 12.7. The van der Waals surface area contributed by atoms with Gasteiger partial charge in [0.15, 0.2) is 5.82 Å². The number of amides is 1. The first-order valence-corrected chi connectivity index (χ1v) is 9.61. The van der Waals surface area contributed by atoms with Crippen molar-refractivity contribution in [2.45, 2.75) is 32.4 Å². The Hall–Kier alpha value is -3.15. The third-order valence-corrected chi connectivity index (χ3v) is 5.20. The first kappa shape index (κ1) is 18.2. The van der Waals surface area contributed by atoms with Crippen LogP contribution in [0.3, 0.4) is 0 Å². The van der Waals surface area contributed by atoms with Crippen LogP contribution in [-0.4, -0.2) is 34.3 Å². The van der Waals surface area contributed by atoms with Gasteiger partial charge in [-0.15, -0.1) is 0 Å². The summed E-state index contributed by atoms with van der Waals surface area (Å²) in [6.45, 7) is 5.50. The molecule has 6 nitrogen and oxygen atoms in total. The van der Waals surface area contributed by atoms with Gasteiger partial charge in [0.2, 0.25) is 0 Å². The van der Waals surface area contributed by atoms with E-state index < -0.39 is 0 Å². The zero-order valence-corrected chi connectivity index (χ0v) is 16.5. The van der Waals surface area contributed by atoms with E-state index in [9.17, 15) is 4.79 Å². The van der Waals surface area contributed by atoms with Crippen molar-refractivity contribution >= 4 is 11.6 Å². The molecule has 4 rings (SSSR count). The van der Waals surface area contributed by atoms with E-state index in [1.54, 1.807) is 6.33 Å². The molecule has 0 saturated heterocycles. The summed E-state index contributed by atoms with van der Waals surface area (Å²) in [5, 5.41) is 7.66. The van der Waals surface area contributed by atoms with Crippen LogP contribution < -0.4 is 10.2 Å². The molecule has 0 aliphatic carbocycles. The Bertz CT molecular complexity index is 980. The maximum Gasteiger partial charge on any atom is 0.251 e. The van der Waals surface area contributed by atoms with E-state index in [4.69, 9.17) is 0 Å². The molecule has 0 spiro atoms. The second kappa shape index (κ2) is 7.46. The summed E-state index contributed by atoms with van der Waals surface area (Å²) in [5.41, 5.74) is 3.98. The largest absolute Gasteiger partial charge is 0.373 e. The Morgan fingerprint density at radius 1 is 1.21 bits per heavy atom. The smallest absolute Gasteiger partial charge is 0.251 e. The summed E-state index contributed by atoms with van der Waals surface area (Å²) in [6, 6.07) is 16.1. The van der Waals surface area contributed by atoms with Crippen molar-refractivity contribution in [3.05, 3.63) is 77.4 Å². The summed E-state index contributed by atoms with van der Waals surface area (Å²) in [7, 11) is 2.06. The van der Waals surface area contributed by atoms with Crippen molar-refractivity contribution in [2.24, 2.45) is 0 Å². The molecule has 0 bridgehead atoms. The molecule has 1 N–H and O–H groups in total. The number of carbonyl (C=O) groups excluding carboxylic acids is 1. The van der Waals surface area contributed by atoms with Crippen LogP contribution >= 0.6 is 0 Å². The van der Waals surface area contributed by atoms with Crippen LogP contribution in [0.5, 0.6) is 0 Å². The predicted molar refractivity (Wildman–Crippen MR) is 110 cm³/mol. The first-order valence-electron chi connectivity index (χ1n) is 9.61. The van der Waals surface area contributed by atoms with Gasteiger partial charge in [-0.25, -0.2) is 4.98 Å². The molecule has 0 radical (unpaired) electrons. The Morgan fingerprint density at radius 3 is 2.71 bits per heavy atom. The topological polar surface area (TPSA) is 63.1 Å². The fourth-order valence-corrected chi connectivity index (χ4v) is 3.59. The molecule has 6 heteroatoms. The normalized spacial score (nSPS) is 15.7. The van der Waals surface area contributed by atoms with Gasteiger partial charge >= 0.3 is 0 Å². The molecule has 1 amide bonds. The monoisotopic (exact) mass is 375 g/mol. The maximum atomic E-state index is 12.7. The molecule has 1 aliphatic rings. The lowest BCUT2D eigenvalue weighted by Gasteiger charge is -2.12. The molecule has 144 valence electrons. The van der Waals surface area contributed by atoms with Crippen LogP contribution in [0.2, 0.25) is 0 Å². The van der Waals surface area contributed by atoms with Crippen LogP contribution in [0.15, 0.2) is 54.9 Å². The predicted octanol–water partition coefficient (Wildman–Crippen LogP) is 3.37. The fourth-order valence-electron chi connectivity index (χ4n) is 3.59. The van der Waals surface area contributed by atoms with Crippen LogP contribution in [0.1, 0.15) is 53.1 Å². The highest BCUT2D eigenvalue weighted by atomic mass is 16.1. The van der Waals surface area contributed by atoms with E-state index in [1.165, 1.54) is 0 Å². The van der Waals surface area contributed by atoms with Gasteiger partial charge in [-0.1, -0.05) is 30.3 Å². The third-order valence-electron chi connectivity index (χ3n) is 5.20. The van der Waals surface area contributed by atoms with E-state index in [2.05, 4.69) is 41.2 Å². The van der Waals surface area contributed by atoms with Crippen molar-refractivity contribution in [3.63, 3.8) is 0 Å². The SMILES string of the molecule is CC(C)n1cnc([C@@H]2CN(C)c3ccc(C(=O)NCc4ccccc4)cc32)n1. The Kier molecular flexibility index (Phi) is 4.86. The molecule has 0 fully saturated rings. The highest BCUT2D eigenvalue weighted by Crippen LogP contribution is 2.38. The number of benzene rings is 2. The lowest BCUT2D eigenvalue weighted by molar-refractivity contribution is 0.0951. The average molecular weight is 375 g/mol. The second-order valence-electron chi connectivity index (χ2n) is 7.55. The second-order valence-corrected chi connectivity index (χ2v) is 7.55. The van der Waals surface area contributed by atoms with Gasteiger partial charge < -0.3 is 10.2 Å². The lowest BCUT2D eigenvalue weighted by Crippen LogP contribution is -2.22. The van der Waals surface area contributed by atoms with Gasteiger partial charge in [0.25, 0.3) is 5.91 Å². The third kappa shape index (κ3) is 3.50. The Balaban J connectivity index is 1.56. The minimum absolute atomic E-state index is 0.0689. The van der Waals surface area contributed by atoms with Gasteiger partial charge in [-0.2, -0.15) is 5.10 Å². The Morgan fingerprint density at radius 2 is 2.00 bits per heavy atom. The number of rotatable bonds is 5. The minimum Gasteiger partial charge on any atom is -0.373 e. The summed E-state index contributed by atoms with van der Waals surface area (Å²) >= 11 is 0. The van der Waals surface area contributed by atoms with Crippen molar-refractivity contribution in [1.82, 2.24) is 20.1 Å². The van der Waals surface area contributed by atoms with Gasteiger partial charge in [-0.3, -0.25) is 9.48 Å². The quantitative estimate of drug-likeness (QED) is 0.743. The first-order chi connectivity index (χ1) is 13.5. The minimum atomic E-state index is -0.0689. The number of hydrogen-bond acceptors (Lipinski definition) is 4. The number of likely N-dealkylation sites (N-methyl/N-ethyl adjacent to an activating group) is 1. The number of carbonyl (C=O) groups is 1. The molecule has 1 aromatic heterocycles. The molecule has 2 aromatic carbocycles. The van der Waals surface area contributed by atoms with E-state index in [0.29, 0.717) is 12.1 Å². The van der Waals surface area contributed by atoms with E-state index >= 15 is 0 Å². The molecule has 1 aliphatic heterocycles. The van der Waals surface area contributed by atoms with E-state index in [1.807, 2.05) is 53.2 Å². The van der Waals surface area contributed by atoms with Crippen LogP contribution in [0.25, 0.3) is 0 Å². The molecule has 0 unspecified atom stereocenters. The van der Waals surface area contributed by atoms with Crippen LogP contribution in [0.4, 0.5) is 5.69 Å². The number of aromatic nitrogens is 3. The summed E-state index contributed by atoms with van der Waals surface area (Å²) in [4.78, 5) is 19.4. The number of nitrogens with one attached hydrogen (secondary N) is 1. The van der Waals surface area contributed by atoms with E-state index in [-0.39, 0.29) is 17.9 Å². The van der Waals surface area contributed by atoms with Gasteiger partial charge in [0.1, 0.15) is 6.33 Å². The summed E-state index contributed by atoms with van der Waals surface area (Å²) in [6.07, 6.45) is 1.79. The van der Waals surface area contributed by atoms with Crippen LogP contribution in [-0.2, 0) is 6.54 Å². The van der Waals surface area contributed by atoms with Gasteiger partial charge in [-0.05, 0) is 43.2 Å². The van der Waals surface area contributed by atoms with Crippen LogP contribution in [0, 0.1) is 0 Å². The van der Waals surface area contributed by atoms with E-state index in [0.717, 1.165) is 29.2 Å². The fraction of sp³-hybridized carbons (Fsp3) is 0.318. The molecular weight excluding hydrogens is 350 g/mol. The van der Waals surface area contributed by atoms with Crippen molar-refractivity contribution in [3.8, 4) is 0 Å². The number of fused-ring (bicyclic) bond motifs is 1. The van der Waals surface area contributed by atoms with Crippen molar-refractivity contribution < 1.29 is 4.79 Å². The number of nitrogens with zero attached hydrogens (tertiary/aromatic N) is 4. The summed E-state index contributed by atoms with van der Waals surface area (Å²) < 4.78 is 1.88. The highest BCUT2D eigenvalue weighted by Gasteiger charge is 2.31. The average Bonchev–Trinajstić information content (AvgIpc) is 3.32.